The molecule has 2 aliphatic carbocycles. The van der Waals surface area contributed by atoms with Crippen LogP contribution >= 0.6 is 0 Å². The van der Waals surface area contributed by atoms with Gasteiger partial charge in [-0.3, -0.25) is 0 Å². The molecule has 2 saturated carbocycles. The molecule has 2 fully saturated rings. The first kappa shape index (κ1) is 12.4. The summed E-state index contributed by atoms with van der Waals surface area (Å²) < 4.78 is 0. The zero-order chi connectivity index (χ0) is 11.4. The molecule has 2 N–H and O–H groups in total. The minimum Gasteiger partial charge on any atom is -0.330 e. The molecule has 0 spiro atoms. The Hall–Kier alpha value is -0.0400. The summed E-state index contributed by atoms with van der Waals surface area (Å²) in [5, 5.41) is 0. The maximum atomic E-state index is 6.00. The normalized spacial score (nSPS) is 41.6. The molecule has 0 saturated heterocycles. The zero-order valence-corrected chi connectivity index (χ0v) is 11.0. The predicted octanol–water partition coefficient (Wildman–Crippen LogP) is 3.97. The van der Waals surface area contributed by atoms with Crippen LogP contribution in [0.2, 0.25) is 0 Å². The van der Waals surface area contributed by atoms with Crippen LogP contribution in [0.25, 0.3) is 0 Å². The third-order valence-electron chi connectivity index (χ3n) is 5.10. The fraction of sp³-hybridized carbons (Fsp3) is 1.00. The van der Waals surface area contributed by atoms with E-state index >= 15 is 0 Å². The number of hydrogen-bond donors (Lipinski definition) is 1. The van der Waals surface area contributed by atoms with Crippen molar-refractivity contribution in [1.29, 1.82) is 0 Å². The van der Waals surface area contributed by atoms with E-state index < -0.39 is 0 Å². The Labute approximate surface area is 101 Å². The molecule has 0 aliphatic heterocycles. The Morgan fingerprint density at radius 2 is 1.75 bits per heavy atom. The average Bonchev–Trinajstić information content (AvgIpc) is 2.53. The maximum Gasteiger partial charge on any atom is -0.00461 e. The molecule has 1 heteroatoms. The van der Waals surface area contributed by atoms with Crippen LogP contribution in [0.4, 0.5) is 0 Å². The molecule has 0 amide bonds. The molecule has 2 aliphatic rings. The second-order valence-electron chi connectivity index (χ2n) is 6.33. The van der Waals surface area contributed by atoms with Gasteiger partial charge in [0.2, 0.25) is 0 Å². The highest BCUT2D eigenvalue weighted by molar-refractivity contribution is 4.83. The molecule has 16 heavy (non-hydrogen) atoms. The largest absolute Gasteiger partial charge is 0.330 e. The first-order valence-electron chi connectivity index (χ1n) is 7.51. The topological polar surface area (TPSA) is 26.0 Å². The second-order valence-corrected chi connectivity index (χ2v) is 6.33. The molecule has 0 heterocycles. The second kappa shape index (κ2) is 6.05. The van der Waals surface area contributed by atoms with Crippen molar-refractivity contribution in [1.82, 2.24) is 0 Å². The predicted molar refractivity (Wildman–Crippen MR) is 70.2 cm³/mol. The molecule has 0 bridgehead atoms. The van der Waals surface area contributed by atoms with E-state index in [1.807, 2.05) is 0 Å². The van der Waals surface area contributed by atoms with Gasteiger partial charge in [-0.2, -0.15) is 0 Å². The average molecular weight is 223 g/mol. The third kappa shape index (κ3) is 3.00. The molecule has 4 unspecified atom stereocenters. The van der Waals surface area contributed by atoms with Crippen molar-refractivity contribution in [2.45, 2.75) is 64.7 Å². The quantitative estimate of drug-likeness (QED) is 0.704. The molecule has 4 atom stereocenters. The molecule has 0 radical (unpaired) electrons. The first-order valence-corrected chi connectivity index (χ1v) is 7.51. The van der Waals surface area contributed by atoms with Gasteiger partial charge in [0.1, 0.15) is 0 Å². The SMILES string of the molecule is CC1CCCC(C2CCCCCC2CN)C1. The van der Waals surface area contributed by atoms with Crippen LogP contribution < -0.4 is 5.73 Å². The first-order chi connectivity index (χ1) is 7.81. The van der Waals surface area contributed by atoms with E-state index in [4.69, 9.17) is 5.73 Å². The minimum absolute atomic E-state index is 0.845. The molecule has 0 aromatic heterocycles. The highest BCUT2D eigenvalue weighted by atomic mass is 14.6. The van der Waals surface area contributed by atoms with Crippen LogP contribution in [0.5, 0.6) is 0 Å². The fourth-order valence-electron chi connectivity index (χ4n) is 4.20. The summed E-state index contributed by atoms with van der Waals surface area (Å²) in [6.07, 6.45) is 13.1. The van der Waals surface area contributed by atoms with Crippen LogP contribution in [-0.4, -0.2) is 6.54 Å². The summed E-state index contributed by atoms with van der Waals surface area (Å²) in [4.78, 5) is 0. The Bertz CT molecular complexity index is 202. The van der Waals surface area contributed by atoms with Crippen molar-refractivity contribution in [3.8, 4) is 0 Å². The van der Waals surface area contributed by atoms with Crippen LogP contribution in [0.1, 0.15) is 64.7 Å². The van der Waals surface area contributed by atoms with Crippen LogP contribution in [-0.2, 0) is 0 Å². The Kier molecular flexibility index (Phi) is 4.69. The van der Waals surface area contributed by atoms with Crippen molar-refractivity contribution >= 4 is 0 Å². The van der Waals surface area contributed by atoms with Gasteiger partial charge in [-0.25, -0.2) is 0 Å². The lowest BCUT2D eigenvalue weighted by Gasteiger charge is -2.36. The Balaban J connectivity index is 1.97. The van der Waals surface area contributed by atoms with Crippen LogP contribution in [0.15, 0.2) is 0 Å². The lowest BCUT2D eigenvalue weighted by atomic mass is 9.69. The standard InChI is InChI=1S/C15H29N/c1-12-6-5-8-13(10-12)15-9-4-2-3-7-14(15)11-16/h12-15H,2-11,16H2,1H3. The van der Waals surface area contributed by atoms with E-state index in [1.54, 1.807) is 0 Å². The molecular weight excluding hydrogens is 194 g/mol. The van der Waals surface area contributed by atoms with E-state index in [2.05, 4.69) is 6.92 Å². The van der Waals surface area contributed by atoms with Gasteiger partial charge < -0.3 is 5.73 Å². The van der Waals surface area contributed by atoms with Crippen molar-refractivity contribution < 1.29 is 0 Å². The molecular formula is C15H29N. The van der Waals surface area contributed by atoms with Gasteiger partial charge in [0.05, 0.1) is 0 Å². The molecule has 0 aromatic rings. The van der Waals surface area contributed by atoms with Crippen LogP contribution in [0.3, 0.4) is 0 Å². The minimum atomic E-state index is 0.845. The number of hydrogen-bond acceptors (Lipinski definition) is 1. The Morgan fingerprint density at radius 3 is 2.50 bits per heavy atom. The van der Waals surface area contributed by atoms with Gasteiger partial charge >= 0.3 is 0 Å². The fourth-order valence-corrected chi connectivity index (χ4v) is 4.20. The Morgan fingerprint density at radius 1 is 0.938 bits per heavy atom. The maximum absolute atomic E-state index is 6.00. The van der Waals surface area contributed by atoms with E-state index in [0.29, 0.717) is 0 Å². The molecule has 2 rings (SSSR count). The highest BCUT2D eigenvalue weighted by Crippen LogP contribution is 2.41. The van der Waals surface area contributed by atoms with Gasteiger partial charge in [0, 0.05) is 0 Å². The van der Waals surface area contributed by atoms with Gasteiger partial charge in [0.15, 0.2) is 0 Å². The summed E-state index contributed by atoms with van der Waals surface area (Å²) in [7, 11) is 0. The summed E-state index contributed by atoms with van der Waals surface area (Å²) in [6, 6.07) is 0. The summed E-state index contributed by atoms with van der Waals surface area (Å²) in [6.45, 7) is 3.38. The lowest BCUT2D eigenvalue weighted by Crippen LogP contribution is -2.31. The smallest absolute Gasteiger partial charge is 0.00461 e. The monoisotopic (exact) mass is 223 g/mol. The molecule has 1 nitrogen and oxygen atoms in total. The van der Waals surface area contributed by atoms with Crippen molar-refractivity contribution in [2.24, 2.45) is 29.4 Å². The number of rotatable bonds is 2. The molecule has 94 valence electrons. The van der Waals surface area contributed by atoms with Crippen molar-refractivity contribution in [3.63, 3.8) is 0 Å². The van der Waals surface area contributed by atoms with E-state index in [1.165, 1.54) is 57.8 Å². The summed E-state index contributed by atoms with van der Waals surface area (Å²) in [5.74, 6) is 3.80. The molecule has 0 aromatic carbocycles. The lowest BCUT2D eigenvalue weighted by molar-refractivity contribution is 0.145. The van der Waals surface area contributed by atoms with E-state index in [-0.39, 0.29) is 0 Å². The van der Waals surface area contributed by atoms with Gasteiger partial charge in [-0.15, -0.1) is 0 Å². The third-order valence-corrected chi connectivity index (χ3v) is 5.10. The summed E-state index contributed by atoms with van der Waals surface area (Å²) >= 11 is 0. The zero-order valence-electron chi connectivity index (χ0n) is 11.0. The van der Waals surface area contributed by atoms with Gasteiger partial charge in [-0.1, -0.05) is 45.4 Å². The van der Waals surface area contributed by atoms with E-state index in [9.17, 15) is 0 Å². The highest BCUT2D eigenvalue weighted by Gasteiger charge is 2.32. The summed E-state index contributed by atoms with van der Waals surface area (Å²) in [5.41, 5.74) is 6.00. The van der Waals surface area contributed by atoms with Gasteiger partial charge in [-0.05, 0) is 49.5 Å². The van der Waals surface area contributed by atoms with E-state index in [0.717, 1.165) is 30.2 Å². The van der Waals surface area contributed by atoms with Gasteiger partial charge in [0.25, 0.3) is 0 Å². The number of nitrogens with two attached hydrogens (primary N) is 1. The van der Waals surface area contributed by atoms with Crippen molar-refractivity contribution in [2.75, 3.05) is 6.54 Å². The van der Waals surface area contributed by atoms with Crippen molar-refractivity contribution in [3.05, 3.63) is 0 Å². The van der Waals surface area contributed by atoms with Crippen LogP contribution in [0, 0.1) is 23.7 Å².